The number of rotatable bonds is 2. The van der Waals surface area contributed by atoms with Crippen molar-refractivity contribution in [3.63, 3.8) is 0 Å². The monoisotopic (exact) mass is 325 g/mol. The minimum atomic E-state index is -0.152. The lowest BCUT2D eigenvalue weighted by molar-refractivity contribution is -0.138. The maximum Gasteiger partial charge on any atom is 0.241 e. The fraction of sp³-hybridized carbons (Fsp3) is 0.500. The molecule has 2 aromatic rings. The van der Waals surface area contributed by atoms with Crippen molar-refractivity contribution in [3.05, 3.63) is 47.0 Å². The topological polar surface area (TPSA) is 54.3 Å². The van der Waals surface area contributed by atoms with Crippen LogP contribution in [0.5, 0.6) is 0 Å². The molecule has 1 aliphatic carbocycles. The standard InChI is InChI=1S/C18H23N5O/c1-12-19-20-17-11-21(2)16(10-23(12)17)18(24)22(3)15-8-13-6-4-5-7-14(13)9-15/h4-7,15-16H,8-11H2,1-3H3. The number of carbonyl (C=O) groups is 1. The summed E-state index contributed by atoms with van der Waals surface area (Å²) in [6.07, 6.45) is 1.90. The number of amides is 1. The third kappa shape index (κ3) is 2.41. The zero-order valence-electron chi connectivity index (χ0n) is 14.4. The Morgan fingerprint density at radius 3 is 2.54 bits per heavy atom. The van der Waals surface area contributed by atoms with Gasteiger partial charge in [-0.25, -0.2) is 0 Å². The van der Waals surface area contributed by atoms with Crippen molar-refractivity contribution >= 4 is 5.91 Å². The van der Waals surface area contributed by atoms with Crippen LogP contribution in [0, 0.1) is 6.92 Å². The van der Waals surface area contributed by atoms with Crippen molar-refractivity contribution in [2.24, 2.45) is 0 Å². The zero-order valence-corrected chi connectivity index (χ0v) is 14.4. The van der Waals surface area contributed by atoms with Gasteiger partial charge < -0.3 is 9.47 Å². The molecule has 1 aromatic heterocycles. The molecule has 0 spiro atoms. The molecule has 0 radical (unpaired) electrons. The molecule has 6 heteroatoms. The summed E-state index contributed by atoms with van der Waals surface area (Å²) in [6.45, 7) is 3.24. The smallest absolute Gasteiger partial charge is 0.241 e. The second kappa shape index (κ2) is 5.70. The number of aryl methyl sites for hydroxylation is 1. The average molecular weight is 325 g/mol. The molecule has 126 valence electrons. The molecule has 1 atom stereocenters. The summed E-state index contributed by atoms with van der Waals surface area (Å²) in [7, 11) is 3.94. The Hall–Kier alpha value is -2.21. The number of carbonyl (C=O) groups excluding carboxylic acids is 1. The van der Waals surface area contributed by atoms with Crippen molar-refractivity contribution in [1.29, 1.82) is 0 Å². The maximum atomic E-state index is 13.1. The van der Waals surface area contributed by atoms with Crippen LogP contribution in [0.15, 0.2) is 24.3 Å². The first kappa shape index (κ1) is 15.3. The Balaban J connectivity index is 1.51. The van der Waals surface area contributed by atoms with Crippen LogP contribution in [-0.2, 0) is 30.7 Å². The third-order valence-electron chi connectivity index (χ3n) is 5.50. The second-order valence-electron chi connectivity index (χ2n) is 6.98. The van der Waals surface area contributed by atoms with Crippen LogP contribution in [-0.4, -0.2) is 56.7 Å². The van der Waals surface area contributed by atoms with Crippen molar-refractivity contribution in [2.75, 3.05) is 14.1 Å². The van der Waals surface area contributed by atoms with Crippen LogP contribution in [0.2, 0.25) is 0 Å². The van der Waals surface area contributed by atoms with E-state index in [4.69, 9.17) is 0 Å². The lowest BCUT2D eigenvalue weighted by Crippen LogP contribution is -2.53. The van der Waals surface area contributed by atoms with Crippen LogP contribution in [0.1, 0.15) is 22.8 Å². The molecule has 0 saturated carbocycles. The largest absolute Gasteiger partial charge is 0.341 e. The normalized spacial score (nSPS) is 20.7. The van der Waals surface area contributed by atoms with Gasteiger partial charge in [0.15, 0.2) is 0 Å². The van der Waals surface area contributed by atoms with Crippen molar-refractivity contribution in [2.45, 2.75) is 44.9 Å². The highest BCUT2D eigenvalue weighted by atomic mass is 16.2. The summed E-state index contributed by atoms with van der Waals surface area (Å²) in [5, 5.41) is 8.33. The van der Waals surface area contributed by atoms with Gasteiger partial charge in [0.25, 0.3) is 0 Å². The van der Waals surface area contributed by atoms with Gasteiger partial charge in [-0.15, -0.1) is 10.2 Å². The molecule has 0 N–H and O–H groups in total. The van der Waals surface area contributed by atoms with Crippen LogP contribution >= 0.6 is 0 Å². The van der Waals surface area contributed by atoms with Gasteiger partial charge in [0.05, 0.1) is 13.1 Å². The van der Waals surface area contributed by atoms with Gasteiger partial charge >= 0.3 is 0 Å². The third-order valence-corrected chi connectivity index (χ3v) is 5.50. The number of fused-ring (bicyclic) bond motifs is 2. The summed E-state index contributed by atoms with van der Waals surface area (Å²) in [5.41, 5.74) is 2.74. The molecule has 0 saturated heterocycles. The molecule has 6 nitrogen and oxygen atoms in total. The van der Waals surface area contributed by atoms with Crippen molar-refractivity contribution in [1.82, 2.24) is 24.6 Å². The minimum absolute atomic E-state index is 0.152. The summed E-state index contributed by atoms with van der Waals surface area (Å²) in [6, 6.07) is 8.61. The summed E-state index contributed by atoms with van der Waals surface area (Å²) in [4.78, 5) is 17.2. The van der Waals surface area contributed by atoms with Gasteiger partial charge in [-0.3, -0.25) is 9.69 Å². The first-order valence-electron chi connectivity index (χ1n) is 8.47. The molecule has 0 bridgehead atoms. The zero-order chi connectivity index (χ0) is 16.8. The summed E-state index contributed by atoms with van der Waals surface area (Å²) >= 11 is 0. The lowest BCUT2D eigenvalue weighted by atomic mass is 10.1. The lowest BCUT2D eigenvalue weighted by Gasteiger charge is -2.36. The molecule has 1 amide bonds. The van der Waals surface area contributed by atoms with E-state index in [2.05, 4.69) is 43.9 Å². The molecular formula is C18H23N5O. The van der Waals surface area contributed by atoms with Crippen molar-refractivity contribution < 1.29 is 4.79 Å². The van der Waals surface area contributed by atoms with E-state index in [9.17, 15) is 4.79 Å². The predicted molar refractivity (Wildman–Crippen MR) is 90.4 cm³/mol. The number of hydrogen-bond donors (Lipinski definition) is 0. The fourth-order valence-electron chi connectivity index (χ4n) is 3.92. The quantitative estimate of drug-likeness (QED) is 0.827. The van der Waals surface area contributed by atoms with Crippen LogP contribution < -0.4 is 0 Å². The Kier molecular flexibility index (Phi) is 3.64. The first-order chi connectivity index (χ1) is 11.5. The SMILES string of the molecule is Cc1nnc2n1CC(C(=O)N(C)C1Cc3ccccc3C1)N(C)C2. The van der Waals surface area contributed by atoms with E-state index in [1.165, 1.54) is 11.1 Å². The van der Waals surface area contributed by atoms with Gasteiger partial charge in [0.2, 0.25) is 5.91 Å². The van der Waals surface area contributed by atoms with Gasteiger partial charge in [0, 0.05) is 13.1 Å². The van der Waals surface area contributed by atoms with E-state index in [1.807, 2.05) is 25.9 Å². The van der Waals surface area contributed by atoms with E-state index in [0.717, 1.165) is 24.5 Å². The Morgan fingerprint density at radius 1 is 1.21 bits per heavy atom. The van der Waals surface area contributed by atoms with Gasteiger partial charge in [-0.2, -0.15) is 0 Å². The summed E-state index contributed by atoms with van der Waals surface area (Å²) in [5.74, 6) is 2.01. The molecule has 4 rings (SSSR count). The molecule has 1 unspecified atom stereocenters. The molecule has 0 fully saturated rings. The second-order valence-corrected chi connectivity index (χ2v) is 6.98. The molecule has 2 heterocycles. The number of aromatic nitrogens is 3. The van der Waals surface area contributed by atoms with E-state index < -0.39 is 0 Å². The predicted octanol–water partition coefficient (Wildman–Crippen LogP) is 1.03. The van der Waals surface area contributed by atoms with E-state index in [-0.39, 0.29) is 18.0 Å². The Morgan fingerprint density at radius 2 is 1.88 bits per heavy atom. The van der Waals surface area contributed by atoms with Crippen molar-refractivity contribution in [3.8, 4) is 0 Å². The number of benzene rings is 1. The number of likely N-dealkylation sites (N-methyl/N-ethyl adjacent to an activating group) is 2. The maximum absolute atomic E-state index is 13.1. The van der Waals surface area contributed by atoms with Gasteiger partial charge in [-0.05, 0) is 37.9 Å². The van der Waals surface area contributed by atoms with E-state index in [0.29, 0.717) is 13.1 Å². The van der Waals surface area contributed by atoms with Crippen LogP contribution in [0.3, 0.4) is 0 Å². The fourth-order valence-corrected chi connectivity index (χ4v) is 3.92. The molecule has 24 heavy (non-hydrogen) atoms. The van der Waals surface area contributed by atoms with E-state index >= 15 is 0 Å². The summed E-state index contributed by atoms with van der Waals surface area (Å²) < 4.78 is 2.07. The van der Waals surface area contributed by atoms with E-state index in [1.54, 1.807) is 0 Å². The molecule has 1 aliphatic heterocycles. The van der Waals surface area contributed by atoms with Crippen LogP contribution in [0.4, 0.5) is 0 Å². The number of hydrogen-bond acceptors (Lipinski definition) is 4. The van der Waals surface area contributed by atoms with Crippen LogP contribution in [0.25, 0.3) is 0 Å². The molecule has 1 aromatic carbocycles. The Labute approximate surface area is 142 Å². The number of nitrogens with zero attached hydrogens (tertiary/aromatic N) is 5. The first-order valence-corrected chi connectivity index (χ1v) is 8.47. The van der Waals surface area contributed by atoms with Gasteiger partial charge in [0.1, 0.15) is 17.7 Å². The molecule has 2 aliphatic rings. The minimum Gasteiger partial charge on any atom is -0.341 e. The highest BCUT2D eigenvalue weighted by Gasteiger charge is 2.36. The highest BCUT2D eigenvalue weighted by molar-refractivity contribution is 5.82. The van der Waals surface area contributed by atoms with Gasteiger partial charge in [-0.1, -0.05) is 24.3 Å². The highest BCUT2D eigenvalue weighted by Crippen LogP contribution is 2.26. The average Bonchev–Trinajstić information content (AvgIpc) is 3.16. The molecular weight excluding hydrogens is 302 g/mol. The Bertz CT molecular complexity index is 758.